The Morgan fingerprint density at radius 2 is 1.64 bits per heavy atom. The molecule has 0 unspecified atom stereocenters. The smallest absolute Gasteiger partial charge is 0.279 e. The van der Waals surface area contributed by atoms with Crippen molar-refractivity contribution in [1.29, 1.82) is 0 Å². The summed E-state index contributed by atoms with van der Waals surface area (Å²) in [6.45, 7) is 2.07. The topological polar surface area (TPSA) is 45.7 Å². The van der Waals surface area contributed by atoms with Crippen LogP contribution in [0.15, 0.2) is 60.7 Å². The Bertz CT molecular complexity index is 886. The molecule has 1 amide bonds. The average Bonchev–Trinajstić information content (AvgIpc) is 2.62. The fraction of sp³-hybridized carbons (Fsp3) is 0.150. The van der Waals surface area contributed by atoms with Gasteiger partial charge in [0.25, 0.3) is 5.91 Å². The van der Waals surface area contributed by atoms with Crippen molar-refractivity contribution in [2.45, 2.75) is 13.0 Å². The number of hydrogen-bond acceptors (Lipinski definition) is 1. The Kier molecular flexibility index (Phi) is 5.05. The first-order valence-corrected chi connectivity index (χ1v) is 8.11. The third-order valence-corrected chi connectivity index (χ3v) is 4.20. The standard InChI is InChI=1S/C20H18F2N2O/c1-13(15-9-4-7-14-6-2-3-8-16(14)15)23-12-19(25)24-20-17(21)10-5-11-18(20)22/h2-11,13,23H,12H2,1H3,(H,24,25)/p+1/t13-/m0/s1. The Morgan fingerprint density at radius 3 is 2.40 bits per heavy atom. The molecule has 3 nitrogen and oxygen atoms in total. The van der Waals surface area contributed by atoms with Crippen LogP contribution in [0.2, 0.25) is 0 Å². The fourth-order valence-electron chi connectivity index (χ4n) is 2.87. The first-order valence-electron chi connectivity index (χ1n) is 8.11. The number of nitrogens with two attached hydrogens (primary N) is 1. The minimum Gasteiger partial charge on any atom is -0.332 e. The lowest BCUT2D eigenvalue weighted by atomic mass is 10.00. The molecule has 128 valence electrons. The molecule has 3 aromatic carbocycles. The average molecular weight is 341 g/mol. The van der Waals surface area contributed by atoms with Crippen LogP contribution >= 0.6 is 0 Å². The molecule has 3 rings (SSSR count). The predicted octanol–water partition coefficient (Wildman–Crippen LogP) is 3.38. The summed E-state index contributed by atoms with van der Waals surface area (Å²) in [5.41, 5.74) is 0.710. The lowest BCUT2D eigenvalue weighted by Gasteiger charge is -2.14. The third-order valence-electron chi connectivity index (χ3n) is 4.20. The van der Waals surface area contributed by atoms with Crippen LogP contribution < -0.4 is 10.6 Å². The molecular weight excluding hydrogens is 322 g/mol. The summed E-state index contributed by atoms with van der Waals surface area (Å²) in [6.07, 6.45) is 0. The largest absolute Gasteiger partial charge is 0.332 e. The van der Waals surface area contributed by atoms with Crippen molar-refractivity contribution in [1.82, 2.24) is 0 Å². The maximum atomic E-state index is 13.6. The number of quaternary nitrogens is 1. The van der Waals surface area contributed by atoms with Gasteiger partial charge in [0.2, 0.25) is 0 Å². The molecule has 0 saturated heterocycles. The summed E-state index contributed by atoms with van der Waals surface area (Å²) >= 11 is 0. The number of hydrogen-bond donors (Lipinski definition) is 2. The summed E-state index contributed by atoms with van der Waals surface area (Å²) in [4.78, 5) is 12.0. The number of anilines is 1. The van der Waals surface area contributed by atoms with Gasteiger partial charge in [-0.1, -0.05) is 48.5 Å². The van der Waals surface area contributed by atoms with E-state index in [1.807, 2.05) is 54.7 Å². The highest BCUT2D eigenvalue weighted by atomic mass is 19.1. The Labute approximate surface area is 144 Å². The van der Waals surface area contributed by atoms with E-state index in [1.54, 1.807) is 0 Å². The summed E-state index contributed by atoms with van der Waals surface area (Å²) in [7, 11) is 0. The molecule has 0 bridgehead atoms. The molecule has 3 aromatic rings. The molecule has 0 aromatic heterocycles. The molecule has 5 heteroatoms. The van der Waals surface area contributed by atoms with E-state index in [9.17, 15) is 13.6 Å². The van der Waals surface area contributed by atoms with E-state index in [0.717, 1.165) is 28.5 Å². The number of carbonyl (C=O) groups is 1. The van der Waals surface area contributed by atoms with E-state index in [2.05, 4.69) is 5.32 Å². The molecule has 0 saturated carbocycles. The normalized spacial score (nSPS) is 12.1. The number of nitrogens with one attached hydrogen (secondary N) is 1. The molecule has 25 heavy (non-hydrogen) atoms. The quantitative estimate of drug-likeness (QED) is 0.734. The first kappa shape index (κ1) is 17.0. The minimum absolute atomic E-state index is 0.0299. The van der Waals surface area contributed by atoms with Crippen LogP contribution in [0, 0.1) is 11.6 Å². The molecule has 3 N–H and O–H groups in total. The number of benzene rings is 3. The molecular formula is C20H19F2N2O+. The van der Waals surface area contributed by atoms with Gasteiger partial charge in [-0.25, -0.2) is 8.78 Å². The number of amides is 1. The van der Waals surface area contributed by atoms with Gasteiger partial charge in [0, 0.05) is 5.56 Å². The maximum absolute atomic E-state index is 13.6. The lowest BCUT2D eigenvalue weighted by Crippen LogP contribution is -2.86. The summed E-state index contributed by atoms with van der Waals surface area (Å²) in [5, 5.41) is 6.42. The molecule has 0 fully saturated rings. The van der Waals surface area contributed by atoms with Gasteiger partial charge in [0.1, 0.15) is 23.4 Å². The lowest BCUT2D eigenvalue weighted by molar-refractivity contribution is -0.682. The van der Waals surface area contributed by atoms with Gasteiger partial charge in [-0.2, -0.15) is 0 Å². The van der Waals surface area contributed by atoms with E-state index < -0.39 is 23.2 Å². The molecule has 0 aliphatic rings. The SMILES string of the molecule is C[C@H]([NH2+]CC(=O)Nc1c(F)cccc1F)c1cccc2ccccc12. The van der Waals surface area contributed by atoms with Crippen molar-refractivity contribution in [3.63, 3.8) is 0 Å². The molecule has 1 atom stereocenters. The van der Waals surface area contributed by atoms with E-state index in [4.69, 9.17) is 0 Å². The predicted molar refractivity (Wildman–Crippen MR) is 94.1 cm³/mol. The van der Waals surface area contributed by atoms with Crippen molar-refractivity contribution in [3.05, 3.63) is 77.9 Å². The second-order valence-corrected chi connectivity index (χ2v) is 5.94. The van der Waals surface area contributed by atoms with Crippen molar-refractivity contribution in [2.75, 3.05) is 11.9 Å². The van der Waals surface area contributed by atoms with E-state index in [0.29, 0.717) is 0 Å². The van der Waals surface area contributed by atoms with Gasteiger partial charge in [-0.15, -0.1) is 0 Å². The second-order valence-electron chi connectivity index (χ2n) is 5.94. The minimum atomic E-state index is -0.782. The molecule has 0 spiro atoms. The van der Waals surface area contributed by atoms with Crippen molar-refractivity contribution in [3.8, 4) is 0 Å². The monoisotopic (exact) mass is 341 g/mol. The van der Waals surface area contributed by atoms with Gasteiger partial charge >= 0.3 is 0 Å². The number of halogens is 2. The number of rotatable bonds is 5. The van der Waals surface area contributed by atoms with Crippen LogP contribution in [0.3, 0.4) is 0 Å². The number of para-hydroxylation sites is 1. The van der Waals surface area contributed by atoms with Crippen LogP contribution in [0.4, 0.5) is 14.5 Å². The van der Waals surface area contributed by atoms with E-state index in [1.165, 1.54) is 6.07 Å². The van der Waals surface area contributed by atoms with Crippen LogP contribution in [-0.4, -0.2) is 12.5 Å². The van der Waals surface area contributed by atoms with Gasteiger partial charge < -0.3 is 10.6 Å². The zero-order chi connectivity index (χ0) is 17.8. The number of fused-ring (bicyclic) bond motifs is 1. The Balaban J connectivity index is 1.67. The van der Waals surface area contributed by atoms with Crippen molar-refractivity contribution in [2.24, 2.45) is 0 Å². The van der Waals surface area contributed by atoms with Crippen LogP contribution in [0.5, 0.6) is 0 Å². The van der Waals surface area contributed by atoms with Gasteiger partial charge in [0.05, 0.1) is 0 Å². The van der Waals surface area contributed by atoms with Crippen LogP contribution in [-0.2, 0) is 4.79 Å². The zero-order valence-electron chi connectivity index (χ0n) is 13.8. The van der Waals surface area contributed by atoms with Crippen LogP contribution in [0.25, 0.3) is 10.8 Å². The highest BCUT2D eigenvalue weighted by molar-refractivity contribution is 5.91. The summed E-state index contributed by atoms with van der Waals surface area (Å²) in [6, 6.07) is 17.6. The second kappa shape index (κ2) is 7.40. The maximum Gasteiger partial charge on any atom is 0.279 e. The number of carbonyl (C=O) groups excluding carboxylic acids is 1. The third kappa shape index (κ3) is 3.83. The van der Waals surface area contributed by atoms with E-state index in [-0.39, 0.29) is 12.6 Å². The fourth-order valence-corrected chi connectivity index (χ4v) is 2.87. The van der Waals surface area contributed by atoms with Gasteiger partial charge in [-0.05, 0) is 29.8 Å². The molecule has 0 aliphatic carbocycles. The van der Waals surface area contributed by atoms with Crippen molar-refractivity contribution < 1.29 is 18.9 Å². The van der Waals surface area contributed by atoms with Crippen LogP contribution in [0.1, 0.15) is 18.5 Å². The Hall–Kier alpha value is -2.79. The van der Waals surface area contributed by atoms with Gasteiger partial charge in [-0.3, -0.25) is 4.79 Å². The van der Waals surface area contributed by atoms with Gasteiger partial charge in [0.15, 0.2) is 6.54 Å². The Morgan fingerprint density at radius 1 is 1.00 bits per heavy atom. The highest BCUT2D eigenvalue weighted by Crippen LogP contribution is 2.22. The van der Waals surface area contributed by atoms with Crippen molar-refractivity contribution >= 4 is 22.4 Å². The molecule has 0 heterocycles. The van der Waals surface area contributed by atoms with E-state index >= 15 is 0 Å². The highest BCUT2D eigenvalue weighted by Gasteiger charge is 2.16. The summed E-state index contributed by atoms with van der Waals surface area (Å²) < 4.78 is 27.2. The zero-order valence-corrected chi connectivity index (χ0v) is 13.8. The molecule has 0 radical (unpaired) electrons. The first-order chi connectivity index (χ1) is 12.1. The summed E-state index contributed by atoms with van der Waals surface area (Å²) in [5.74, 6) is -2.01. The molecule has 0 aliphatic heterocycles.